The molecule has 0 radical (unpaired) electrons. The van der Waals surface area contributed by atoms with Crippen LogP contribution in [-0.2, 0) is 6.42 Å². The number of carbonyl (C=O) groups is 1. The lowest BCUT2D eigenvalue weighted by Crippen LogP contribution is -2.43. The first kappa shape index (κ1) is 12.6. The van der Waals surface area contributed by atoms with E-state index in [-0.39, 0.29) is 5.91 Å². The van der Waals surface area contributed by atoms with Gasteiger partial charge in [-0.15, -0.1) is 11.3 Å². The Labute approximate surface area is 107 Å². The van der Waals surface area contributed by atoms with Gasteiger partial charge in [0.2, 0.25) is 0 Å². The number of aromatic nitrogens is 1. The first-order valence-corrected chi connectivity index (χ1v) is 7.33. The molecule has 0 spiro atoms. The zero-order valence-electron chi connectivity index (χ0n) is 10.6. The van der Waals surface area contributed by atoms with E-state index >= 15 is 0 Å². The molecule has 0 saturated carbocycles. The van der Waals surface area contributed by atoms with Crippen LogP contribution in [0.2, 0.25) is 0 Å². The molecule has 2 rings (SSSR count). The van der Waals surface area contributed by atoms with Crippen molar-refractivity contribution in [2.24, 2.45) is 0 Å². The number of rotatable bonds is 3. The zero-order valence-corrected chi connectivity index (χ0v) is 11.4. The molecular formula is C13H20N2OS. The molecule has 1 aromatic rings. The lowest BCUT2D eigenvalue weighted by molar-refractivity contribution is 0.0613. The van der Waals surface area contributed by atoms with Gasteiger partial charge in [-0.2, -0.15) is 0 Å². The molecule has 1 aromatic heterocycles. The van der Waals surface area contributed by atoms with Crippen LogP contribution < -0.4 is 0 Å². The number of carbonyl (C=O) groups excluding carboxylic acids is 1. The van der Waals surface area contributed by atoms with Crippen LogP contribution in [0.5, 0.6) is 0 Å². The van der Waals surface area contributed by atoms with Gasteiger partial charge in [0.1, 0.15) is 4.88 Å². The van der Waals surface area contributed by atoms with Crippen LogP contribution in [-0.4, -0.2) is 28.4 Å². The van der Waals surface area contributed by atoms with Crippen molar-refractivity contribution in [1.82, 2.24) is 9.88 Å². The van der Waals surface area contributed by atoms with Crippen molar-refractivity contribution in [3.63, 3.8) is 0 Å². The summed E-state index contributed by atoms with van der Waals surface area (Å²) in [6.07, 6.45) is 7.27. The summed E-state index contributed by atoms with van der Waals surface area (Å²) in [5, 5.41) is 1.05. The fourth-order valence-electron chi connectivity index (χ4n) is 2.41. The number of piperidine rings is 1. The van der Waals surface area contributed by atoms with Gasteiger partial charge < -0.3 is 4.90 Å². The maximum Gasteiger partial charge on any atom is 0.265 e. The summed E-state index contributed by atoms with van der Waals surface area (Å²) in [7, 11) is 0. The number of amides is 1. The first-order chi connectivity index (χ1) is 8.26. The number of hydrogen-bond acceptors (Lipinski definition) is 3. The van der Waals surface area contributed by atoms with Crippen LogP contribution >= 0.6 is 11.3 Å². The normalized spacial score (nSPS) is 20.6. The molecule has 1 amide bonds. The number of nitrogens with zero attached hydrogens (tertiary/aromatic N) is 2. The lowest BCUT2D eigenvalue weighted by atomic mass is 10.00. The molecule has 3 nitrogen and oxygen atoms in total. The van der Waals surface area contributed by atoms with Gasteiger partial charge in [-0.1, -0.05) is 13.8 Å². The van der Waals surface area contributed by atoms with E-state index in [4.69, 9.17) is 0 Å². The van der Waals surface area contributed by atoms with E-state index in [0.29, 0.717) is 6.04 Å². The van der Waals surface area contributed by atoms with Gasteiger partial charge in [0.05, 0.1) is 11.2 Å². The van der Waals surface area contributed by atoms with E-state index in [0.717, 1.165) is 42.1 Å². The predicted molar refractivity (Wildman–Crippen MR) is 70.5 cm³/mol. The van der Waals surface area contributed by atoms with Gasteiger partial charge in [-0.25, -0.2) is 4.98 Å². The van der Waals surface area contributed by atoms with E-state index in [2.05, 4.69) is 23.7 Å². The minimum atomic E-state index is 0.189. The molecule has 94 valence electrons. The highest BCUT2D eigenvalue weighted by Crippen LogP contribution is 2.24. The summed E-state index contributed by atoms with van der Waals surface area (Å²) in [6.45, 7) is 5.15. The second kappa shape index (κ2) is 5.63. The van der Waals surface area contributed by atoms with Crippen LogP contribution in [0.3, 0.4) is 0 Å². The third-order valence-corrected chi connectivity index (χ3v) is 4.56. The van der Waals surface area contributed by atoms with E-state index in [1.807, 2.05) is 0 Å². The maximum absolute atomic E-state index is 12.4. The summed E-state index contributed by atoms with van der Waals surface area (Å²) >= 11 is 1.54. The van der Waals surface area contributed by atoms with E-state index < -0.39 is 0 Å². The summed E-state index contributed by atoms with van der Waals surface area (Å²) in [4.78, 5) is 19.5. The van der Waals surface area contributed by atoms with Crippen LogP contribution in [0.1, 0.15) is 54.2 Å². The van der Waals surface area contributed by atoms with E-state index in [1.54, 1.807) is 17.5 Å². The highest BCUT2D eigenvalue weighted by atomic mass is 32.1. The molecule has 0 N–H and O–H groups in total. The largest absolute Gasteiger partial charge is 0.335 e. The van der Waals surface area contributed by atoms with Crippen molar-refractivity contribution < 1.29 is 4.79 Å². The highest BCUT2D eigenvalue weighted by Gasteiger charge is 2.27. The van der Waals surface area contributed by atoms with Crippen molar-refractivity contribution in [3.8, 4) is 0 Å². The number of likely N-dealkylation sites (tertiary alicyclic amines) is 1. The molecule has 17 heavy (non-hydrogen) atoms. The summed E-state index contributed by atoms with van der Waals surface area (Å²) in [5.74, 6) is 0.189. The topological polar surface area (TPSA) is 33.2 Å². The minimum absolute atomic E-state index is 0.189. The molecule has 0 aromatic carbocycles. The quantitative estimate of drug-likeness (QED) is 0.828. The zero-order chi connectivity index (χ0) is 12.3. The lowest BCUT2D eigenvalue weighted by Gasteiger charge is -2.34. The SMILES string of the molecule is CCc1ncc(C(=O)N2CCCCC2CC)s1. The van der Waals surface area contributed by atoms with Crippen LogP contribution in [0.4, 0.5) is 0 Å². The maximum atomic E-state index is 12.4. The molecule has 1 atom stereocenters. The molecule has 0 bridgehead atoms. The fraction of sp³-hybridized carbons (Fsp3) is 0.692. The van der Waals surface area contributed by atoms with Gasteiger partial charge in [0, 0.05) is 12.6 Å². The summed E-state index contributed by atoms with van der Waals surface area (Å²) in [5.41, 5.74) is 0. The first-order valence-electron chi connectivity index (χ1n) is 6.52. The molecular weight excluding hydrogens is 232 g/mol. The van der Waals surface area contributed by atoms with Crippen LogP contribution in [0, 0.1) is 0 Å². The van der Waals surface area contributed by atoms with Gasteiger partial charge in [0.25, 0.3) is 5.91 Å². The van der Waals surface area contributed by atoms with Crippen molar-refractivity contribution >= 4 is 17.2 Å². The third kappa shape index (κ3) is 2.68. The molecule has 0 aliphatic carbocycles. The van der Waals surface area contributed by atoms with Gasteiger partial charge >= 0.3 is 0 Å². The Balaban J connectivity index is 2.12. The molecule has 4 heteroatoms. The van der Waals surface area contributed by atoms with E-state index in [1.165, 1.54) is 6.42 Å². The van der Waals surface area contributed by atoms with Crippen molar-refractivity contribution in [2.45, 2.75) is 52.0 Å². The van der Waals surface area contributed by atoms with Crippen molar-refractivity contribution in [3.05, 3.63) is 16.1 Å². The molecule has 1 unspecified atom stereocenters. The Bertz CT molecular complexity index is 389. The summed E-state index contributed by atoms with van der Waals surface area (Å²) in [6, 6.07) is 0.434. The average Bonchev–Trinajstić information content (AvgIpc) is 2.86. The molecule has 2 heterocycles. The predicted octanol–water partition coefficient (Wildman–Crippen LogP) is 3.11. The molecule has 1 fully saturated rings. The Hall–Kier alpha value is -0.900. The Morgan fingerprint density at radius 3 is 3.00 bits per heavy atom. The van der Waals surface area contributed by atoms with Crippen LogP contribution in [0.15, 0.2) is 6.20 Å². The standard InChI is InChI=1S/C13H20N2OS/c1-3-10-7-5-6-8-15(10)13(16)11-9-14-12(4-2)17-11/h9-10H,3-8H2,1-2H3. The van der Waals surface area contributed by atoms with Crippen LogP contribution in [0.25, 0.3) is 0 Å². The second-order valence-electron chi connectivity index (χ2n) is 4.53. The fourth-order valence-corrected chi connectivity index (χ4v) is 3.22. The smallest absolute Gasteiger partial charge is 0.265 e. The average molecular weight is 252 g/mol. The monoisotopic (exact) mass is 252 g/mol. The molecule has 1 aliphatic heterocycles. The highest BCUT2D eigenvalue weighted by molar-refractivity contribution is 7.13. The minimum Gasteiger partial charge on any atom is -0.335 e. The molecule has 1 aliphatic rings. The third-order valence-electron chi connectivity index (χ3n) is 3.43. The number of thiazole rings is 1. The second-order valence-corrected chi connectivity index (χ2v) is 5.64. The van der Waals surface area contributed by atoms with Gasteiger partial charge in [-0.05, 0) is 32.1 Å². The van der Waals surface area contributed by atoms with E-state index in [9.17, 15) is 4.79 Å². The van der Waals surface area contributed by atoms with Crippen molar-refractivity contribution in [2.75, 3.05) is 6.54 Å². The van der Waals surface area contributed by atoms with Gasteiger partial charge in [-0.3, -0.25) is 4.79 Å². The Morgan fingerprint density at radius 2 is 2.35 bits per heavy atom. The summed E-state index contributed by atoms with van der Waals surface area (Å²) < 4.78 is 0. The number of hydrogen-bond donors (Lipinski definition) is 0. The Kier molecular flexibility index (Phi) is 4.15. The van der Waals surface area contributed by atoms with Crippen molar-refractivity contribution in [1.29, 1.82) is 0 Å². The van der Waals surface area contributed by atoms with Gasteiger partial charge in [0.15, 0.2) is 0 Å². The number of aryl methyl sites for hydroxylation is 1. The molecule has 1 saturated heterocycles. The Morgan fingerprint density at radius 1 is 1.53 bits per heavy atom.